The molecule has 0 saturated carbocycles. The molecule has 1 aromatic rings. The number of nitro groups is 1. The van der Waals surface area contributed by atoms with E-state index in [9.17, 15) is 14.9 Å². The average molecular weight is 199 g/mol. The molecule has 0 aliphatic heterocycles. The van der Waals surface area contributed by atoms with Crippen LogP contribution in [0, 0.1) is 10.1 Å². The van der Waals surface area contributed by atoms with Crippen molar-refractivity contribution in [3.63, 3.8) is 0 Å². The molecular weight excluding hydrogens is 190 g/mol. The Morgan fingerprint density at radius 1 is 1.57 bits per heavy atom. The molecule has 0 aliphatic carbocycles. The maximum atomic E-state index is 11.2. The van der Waals surface area contributed by atoms with Gasteiger partial charge in [-0.3, -0.25) is 10.1 Å². The van der Waals surface area contributed by atoms with Crippen molar-refractivity contribution < 1.29 is 18.9 Å². The number of carbonyl (C=O) groups is 1. The standard InChI is InChI=1S/C8H9NO5/c1-5(2)13-8(10)6-3-4-7(14-6)9(11)12/h3-5H,1-2H3. The van der Waals surface area contributed by atoms with Crippen LogP contribution in [0.1, 0.15) is 24.4 Å². The highest BCUT2D eigenvalue weighted by molar-refractivity contribution is 5.86. The summed E-state index contributed by atoms with van der Waals surface area (Å²) in [6.07, 6.45) is -0.286. The van der Waals surface area contributed by atoms with Gasteiger partial charge in [0.25, 0.3) is 0 Å². The second-order valence-corrected chi connectivity index (χ2v) is 2.85. The second kappa shape index (κ2) is 3.91. The number of esters is 1. The summed E-state index contributed by atoms with van der Waals surface area (Å²) in [5.74, 6) is -1.33. The molecule has 0 bridgehead atoms. The summed E-state index contributed by atoms with van der Waals surface area (Å²) in [5, 5.41) is 10.2. The van der Waals surface area contributed by atoms with E-state index < -0.39 is 16.8 Å². The highest BCUT2D eigenvalue weighted by Gasteiger charge is 2.18. The van der Waals surface area contributed by atoms with E-state index in [0.29, 0.717) is 0 Å². The zero-order valence-corrected chi connectivity index (χ0v) is 7.72. The van der Waals surface area contributed by atoms with E-state index in [0.717, 1.165) is 6.07 Å². The third-order valence-electron chi connectivity index (χ3n) is 1.32. The molecule has 0 N–H and O–H groups in total. The van der Waals surface area contributed by atoms with Gasteiger partial charge in [-0.1, -0.05) is 0 Å². The second-order valence-electron chi connectivity index (χ2n) is 2.85. The molecule has 1 aromatic heterocycles. The van der Waals surface area contributed by atoms with Crippen molar-refractivity contribution in [2.24, 2.45) is 0 Å². The van der Waals surface area contributed by atoms with Gasteiger partial charge in [-0.2, -0.15) is 0 Å². The molecule has 1 rings (SSSR count). The van der Waals surface area contributed by atoms with Crippen molar-refractivity contribution in [2.45, 2.75) is 20.0 Å². The van der Waals surface area contributed by atoms with Crippen LogP contribution >= 0.6 is 0 Å². The van der Waals surface area contributed by atoms with Gasteiger partial charge in [-0.05, 0) is 19.9 Å². The van der Waals surface area contributed by atoms with Crippen molar-refractivity contribution in [3.8, 4) is 0 Å². The molecule has 1 heterocycles. The van der Waals surface area contributed by atoms with Crippen LogP contribution in [0.5, 0.6) is 0 Å². The molecule has 0 atom stereocenters. The van der Waals surface area contributed by atoms with Gasteiger partial charge in [0, 0.05) is 0 Å². The minimum atomic E-state index is -0.716. The maximum Gasteiger partial charge on any atom is 0.433 e. The summed E-state index contributed by atoms with van der Waals surface area (Å²) in [6.45, 7) is 3.35. The van der Waals surface area contributed by atoms with E-state index in [2.05, 4.69) is 4.42 Å². The summed E-state index contributed by atoms with van der Waals surface area (Å²) < 4.78 is 9.41. The molecule has 76 valence electrons. The molecular formula is C8H9NO5. The third kappa shape index (κ3) is 2.32. The van der Waals surface area contributed by atoms with Crippen LogP contribution in [0.2, 0.25) is 0 Å². The van der Waals surface area contributed by atoms with Gasteiger partial charge < -0.3 is 9.15 Å². The molecule has 0 aliphatic rings. The van der Waals surface area contributed by atoms with Gasteiger partial charge in [0.15, 0.2) is 0 Å². The fourth-order valence-corrected chi connectivity index (χ4v) is 0.808. The first-order chi connectivity index (χ1) is 6.50. The topological polar surface area (TPSA) is 82.6 Å². The lowest BCUT2D eigenvalue weighted by Gasteiger charge is -2.04. The molecule has 0 amide bonds. The van der Waals surface area contributed by atoms with Gasteiger partial charge in [-0.25, -0.2) is 4.79 Å². The number of hydrogen-bond acceptors (Lipinski definition) is 5. The van der Waals surface area contributed by atoms with Gasteiger partial charge in [0.05, 0.1) is 12.2 Å². The molecule has 6 heteroatoms. The first-order valence-electron chi connectivity index (χ1n) is 3.96. The van der Waals surface area contributed by atoms with Crippen LogP contribution in [0.15, 0.2) is 16.5 Å². The summed E-state index contributed by atoms with van der Waals surface area (Å²) in [6, 6.07) is 2.32. The Kier molecular flexibility index (Phi) is 2.85. The first-order valence-corrected chi connectivity index (χ1v) is 3.96. The van der Waals surface area contributed by atoms with Crippen LogP contribution < -0.4 is 0 Å². The van der Waals surface area contributed by atoms with Crippen LogP contribution in [0.4, 0.5) is 5.88 Å². The highest BCUT2D eigenvalue weighted by Crippen LogP contribution is 2.16. The SMILES string of the molecule is CC(C)OC(=O)c1ccc([N+](=O)[O-])o1. The molecule has 14 heavy (non-hydrogen) atoms. The quantitative estimate of drug-likeness (QED) is 0.420. The monoisotopic (exact) mass is 199 g/mol. The van der Waals surface area contributed by atoms with Crippen molar-refractivity contribution in [1.82, 2.24) is 0 Å². The molecule has 0 radical (unpaired) electrons. The Balaban J connectivity index is 2.76. The number of hydrogen-bond donors (Lipinski definition) is 0. The van der Waals surface area contributed by atoms with E-state index in [1.54, 1.807) is 13.8 Å². The highest BCUT2D eigenvalue weighted by atomic mass is 16.7. The Labute approximate surface area is 79.6 Å². The van der Waals surface area contributed by atoms with E-state index in [1.165, 1.54) is 6.07 Å². The van der Waals surface area contributed by atoms with E-state index in [-0.39, 0.29) is 11.9 Å². The Bertz CT molecular complexity index is 354. The van der Waals surface area contributed by atoms with Gasteiger partial charge in [0.1, 0.15) is 4.92 Å². The zero-order valence-electron chi connectivity index (χ0n) is 7.72. The molecule has 0 aromatic carbocycles. The minimum absolute atomic E-state index is 0.162. The van der Waals surface area contributed by atoms with Gasteiger partial charge in [-0.15, -0.1) is 0 Å². The fraction of sp³-hybridized carbons (Fsp3) is 0.375. The van der Waals surface area contributed by atoms with Crippen molar-refractivity contribution in [2.75, 3.05) is 0 Å². The minimum Gasteiger partial charge on any atom is -0.457 e. The lowest BCUT2D eigenvalue weighted by Crippen LogP contribution is -2.10. The Morgan fingerprint density at radius 3 is 2.64 bits per heavy atom. The van der Waals surface area contributed by atoms with Gasteiger partial charge in [0.2, 0.25) is 5.76 Å². The number of nitrogens with zero attached hydrogens (tertiary/aromatic N) is 1. The largest absolute Gasteiger partial charge is 0.457 e. The maximum absolute atomic E-state index is 11.2. The summed E-state index contributed by atoms with van der Waals surface area (Å²) in [7, 11) is 0. The van der Waals surface area contributed by atoms with Crippen LogP contribution in [-0.4, -0.2) is 17.0 Å². The number of rotatable bonds is 3. The van der Waals surface area contributed by atoms with Crippen LogP contribution in [-0.2, 0) is 4.74 Å². The van der Waals surface area contributed by atoms with Crippen molar-refractivity contribution in [3.05, 3.63) is 28.0 Å². The lowest BCUT2D eigenvalue weighted by molar-refractivity contribution is -0.402. The van der Waals surface area contributed by atoms with Crippen molar-refractivity contribution in [1.29, 1.82) is 0 Å². The number of carbonyl (C=O) groups excluding carboxylic acids is 1. The molecule has 6 nitrogen and oxygen atoms in total. The average Bonchev–Trinajstić information content (AvgIpc) is 2.50. The normalized spacial score (nSPS) is 10.2. The van der Waals surface area contributed by atoms with E-state index in [4.69, 9.17) is 4.74 Å². The van der Waals surface area contributed by atoms with Gasteiger partial charge >= 0.3 is 11.9 Å². The Hall–Kier alpha value is -1.85. The fourth-order valence-electron chi connectivity index (χ4n) is 0.808. The van der Waals surface area contributed by atoms with Crippen molar-refractivity contribution >= 4 is 11.9 Å². The molecule has 0 unspecified atom stereocenters. The third-order valence-corrected chi connectivity index (χ3v) is 1.32. The molecule has 0 fully saturated rings. The smallest absolute Gasteiger partial charge is 0.433 e. The predicted molar refractivity (Wildman–Crippen MR) is 45.9 cm³/mol. The molecule has 0 spiro atoms. The van der Waals surface area contributed by atoms with Crippen LogP contribution in [0.25, 0.3) is 0 Å². The summed E-state index contributed by atoms with van der Waals surface area (Å²) >= 11 is 0. The van der Waals surface area contributed by atoms with E-state index >= 15 is 0 Å². The Morgan fingerprint density at radius 2 is 2.21 bits per heavy atom. The lowest BCUT2D eigenvalue weighted by atomic mass is 10.4. The zero-order chi connectivity index (χ0) is 10.7. The predicted octanol–water partition coefficient (Wildman–Crippen LogP) is 1.75. The number of ether oxygens (including phenoxy) is 1. The molecule has 0 saturated heterocycles. The van der Waals surface area contributed by atoms with Crippen LogP contribution in [0.3, 0.4) is 0 Å². The number of furan rings is 1. The first kappa shape index (κ1) is 10.2. The van der Waals surface area contributed by atoms with E-state index in [1.807, 2.05) is 0 Å². The summed E-state index contributed by atoms with van der Waals surface area (Å²) in [5.41, 5.74) is 0. The summed E-state index contributed by atoms with van der Waals surface area (Å²) in [4.78, 5) is 20.7.